The predicted molar refractivity (Wildman–Crippen MR) is 128 cm³/mol. The minimum Gasteiger partial charge on any atom is -0.478 e. The monoisotopic (exact) mass is 482 g/mol. The summed E-state index contributed by atoms with van der Waals surface area (Å²) in [6, 6.07) is 16.4. The van der Waals surface area contributed by atoms with Gasteiger partial charge in [-0.2, -0.15) is 0 Å². The van der Waals surface area contributed by atoms with Crippen LogP contribution in [0, 0.1) is 10.1 Å². The molecular formula is C26H14N2O8. The number of anilines is 1. The van der Waals surface area contributed by atoms with E-state index >= 15 is 0 Å². The van der Waals surface area contributed by atoms with Crippen LogP contribution in [0.2, 0.25) is 0 Å². The highest BCUT2D eigenvalue weighted by molar-refractivity contribution is 6.37. The molecule has 0 bridgehead atoms. The topological polar surface area (TPSA) is 155 Å². The number of benzene rings is 4. The minimum atomic E-state index is -1.24. The molecule has 0 atom stereocenters. The third-order valence-electron chi connectivity index (χ3n) is 5.98. The lowest BCUT2D eigenvalue weighted by atomic mass is 9.87. The van der Waals surface area contributed by atoms with Crippen molar-refractivity contribution in [3.8, 4) is 11.1 Å². The van der Waals surface area contributed by atoms with Crippen molar-refractivity contribution in [2.24, 2.45) is 0 Å². The van der Waals surface area contributed by atoms with Crippen LogP contribution in [-0.2, 0) is 0 Å². The van der Waals surface area contributed by atoms with E-state index in [2.05, 4.69) is 0 Å². The predicted octanol–water partition coefficient (Wildman–Crippen LogP) is 4.61. The zero-order valence-electron chi connectivity index (χ0n) is 18.2. The lowest BCUT2D eigenvalue weighted by Gasteiger charge is -2.28. The highest BCUT2D eigenvalue weighted by Crippen LogP contribution is 2.43. The van der Waals surface area contributed by atoms with Gasteiger partial charge in [-0.1, -0.05) is 30.3 Å². The Hall–Kier alpha value is -5.38. The molecule has 0 aliphatic carbocycles. The number of hydrogen-bond donors (Lipinski definition) is 2. The highest BCUT2D eigenvalue weighted by Gasteiger charge is 2.37. The summed E-state index contributed by atoms with van der Waals surface area (Å²) < 4.78 is 0. The standard InChI is InChI=1S/C26H14N2O8/c29-23-18-6-2-5-17-21(13-7-9-14(10-8-13)25(31)32)20(28(35)36)12-19(22(17)18)24(30)27(23)16-4-1-3-15(11-16)26(33)34/h1-12H,(H,31,32)(H,33,34). The largest absolute Gasteiger partial charge is 0.478 e. The summed E-state index contributed by atoms with van der Waals surface area (Å²) in [5, 5.41) is 31.1. The van der Waals surface area contributed by atoms with Crippen LogP contribution in [0.1, 0.15) is 41.4 Å². The maximum atomic E-state index is 13.5. The number of nitro benzene ring substituents is 1. The van der Waals surface area contributed by atoms with Gasteiger partial charge in [-0.15, -0.1) is 0 Å². The summed E-state index contributed by atoms with van der Waals surface area (Å²) >= 11 is 0. The molecule has 176 valence electrons. The average molecular weight is 482 g/mol. The molecule has 10 nitrogen and oxygen atoms in total. The quantitative estimate of drug-likeness (QED) is 0.237. The average Bonchev–Trinajstić information content (AvgIpc) is 2.86. The van der Waals surface area contributed by atoms with Crippen molar-refractivity contribution in [3.05, 3.63) is 105 Å². The van der Waals surface area contributed by atoms with Gasteiger partial charge in [0, 0.05) is 17.0 Å². The van der Waals surface area contributed by atoms with Gasteiger partial charge in [0.15, 0.2) is 0 Å². The molecule has 1 heterocycles. The van der Waals surface area contributed by atoms with Gasteiger partial charge in [0.2, 0.25) is 0 Å². The second-order valence-electron chi connectivity index (χ2n) is 7.99. The molecule has 2 N–H and O–H groups in total. The first-order valence-electron chi connectivity index (χ1n) is 10.5. The summed E-state index contributed by atoms with van der Waals surface area (Å²) in [5.74, 6) is -3.94. The zero-order valence-corrected chi connectivity index (χ0v) is 18.2. The van der Waals surface area contributed by atoms with Gasteiger partial charge in [-0.25, -0.2) is 14.5 Å². The molecule has 4 aromatic rings. The van der Waals surface area contributed by atoms with Gasteiger partial charge >= 0.3 is 11.9 Å². The number of carbonyl (C=O) groups excluding carboxylic acids is 2. The van der Waals surface area contributed by atoms with Crippen LogP contribution in [0.4, 0.5) is 11.4 Å². The van der Waals surface area contributed by atoms with E-state index in [0.717, 1.165) is 11.0 Å². The molecule has 0 unspecified atom stereocenters. The minimum absolute atomic E-state index is 0.00581. The molecule has 10 heteroatoms. The van der Waals surface area contributed by atoms with E-state index in [-0.39, 0.29) is 44.3 Å². The Morgan fingerprint density at radius 1 is 0.778 bits per heavy atom. The molecule has 1 aliphatic heterocycles. The van der Waals surface area contributed by atoms with Crippen molar-refractivity contribution < 1.29 is 34.3 Å². The summed E-state index contributed by atoms with van der Waals surface area (Å²) in [5.41, 5.74) is -0.0221. The molecule has 4 aromatic carbocycles. The molecule has 0 spiro atoms. The second-order valence-corrected chi connectivity index (χ2v) is 7.99. The maximum absolute atomic E-state index is 13.5. The van der Waals surface area contributed by atoms with Crippen molar-refractivity contribution in [2.45, 2.75) is 0 Å². The smallest absolute Gasteiger partial charge is 0.335 e. The summed E-state index contributed by atoms with van der Waals surface area (Å²) in [6.45, 7) is 0. The van der Waals surface area contributed by atoms with Crippen molar-refractivity contribution in [3.63, 3.8) is 0 Å². The normalized spacial score (nSPS) is 12.6. The molecule has 2 amide bonds. The van der Waals surface area contributed by atoms with Crippen molar-refractivity contribution in [1.82, 2.24) is 0 Å². The number of amides is 2. The Morgan fingerprint density at radius 3 is 2.06 bits per heavy atom. The number of imide groups is 1. The van der Waals surface area contributed by atoms with Crippen LogP contribution in [0.5, 0.6) is 0 Å². The van der Waals surface area contributed by atoms with Gasteiger partial charge in [-0.3, -0.25) is 19.7 Å². The van der Waals surface area contributed by atoms with Crippen LogP contribution in [0.25, 0.3) is 21.9 Å². The fraction of sp³-hybridized carbons (Fsp3) is 0. The first-order valence-corrected chi connectivity index (χ1v) is 10.5. The highest BCUT2D eigenvalue weighted by atomic mass is 16.6. The number of aromatic carboxylic acids is 2. The van der Waals surface area contributed by atoms with E-state index in [1.807, 2.05) is 0 Å². The molecule has 0 radical (unpaired) electrons. The van der Waals surface area contributed by atoms with E-state index in [4.69, 9.17) is 0 Å². The molecule has 0 saturated heterocycles. The van der Waals surface area contributed by atoms with Crippen LogP contribution in [0.3, 0.4) is 0 Å². The molecule has 0 saturated carbocycles. The van der Waals surface area contributed by atoms with Crippen LogP contribution in [0.15, 0.2) is 72.8 Å². The van der Waals surface area contributed by atoms with E-state index in [9.17, 15) is 39.5 Å². The van der Waals surface area contributed by atoms with Crippen molar-refractivity contribution >= 4 is 45.9 Å². The lowest BCUT2D eigenvalue weighted by Crippen LogP contribution is -2.40. The third kappa shape index (κ3) is 3.36. The Morgan fingerprint density at radius 2 is 1.42 bits per heavy atom. The van der Waals surface area contributed by atoms with E-state index in [1.165, 1.54) is 60.7 Å². The maximum Gasteiger partial charge on any atom is 0.335 e. The third-order valence-corrected chi connectivity index (χ3v) is 5.98. The van der Waals surface area contributed by atoms with Crippen LogP contribution in [-0.4, -0.2) is 38.9 Å². The van der Waals surface area contributed by atoms with Crippen LogP contribution >= 0.6 is 0 Å². The summed E-state index contributed by atoms with van der Waals surface area (Å²) in [7, 11) is 0. The Balaban J connectivity index is 1.77. The Labute approximate surface area is 201 Å². The molecule has 5 rings (SSSR count). The van der Waals surface area contributed by atoms with E-state index in [0.29, 0.717) is 5.56 Å². The molecule has 36 heavy (non-hydrogen) atoms. The van der Waals surface area contributed by atoms with Gasteiger partial charge < -0.3 is 10.2 Å². The molecule has 0 fully saturated rings. The number of rotatable bonds is 5. The number of carboxylic acid groups (broad SMARTS) is 2. The Bertz CT molecular complexity index is 1660. The Kier molecular flexibility index (Phi) is 5.06. The van der Waals surface area contributed by atoms with Gasteiger partial charge in [-0.05, 0) is 47.3 Å². The van der Waals surface area contributed by atoms with E-state index in [1.54, 1.807) is 6.07 Å². The summed E-state index contributed by atoms with van der Waals surface area (Å²) in [4.78, 5) is 61.8. The van der Waals surface area contributed by atoms with Crippen molar-refractivity contribution in [1.29, 1.82) is 0 Å². The van der Waals surface area contributed by atoms with Gasteiger partial charge in [0.25, 0.3) is 17.5 Å². The fourth-order valence-electron chi connectivity index (χ4n) is 4.39. The molecule has 1 aliphatic rings. The molecular weight excluding hydrogens is 468 g/mol. The second kappa shape index (κ2) is 8.13. The fourth-order valence-corrected chi connectivity index (χ4v) is 4.39. The SMILES string of the molecule is O=C(O)c1ccc(-c2c([N+](=O)[O-])cc3c4c(cccc24)C(=O)N(c2cccc(C(=O)O)c2)C3=O)cc1. The number of carbonyl (C=O) groups is 4. The molecule has 0 aromatic heterocycles. The first-order chi connectivity index (χ1) is 17.2. The zero-order chi connectivity index (χ0) is 25.7. The van der Waals surface area contributed by atoms with Gasteiger partial charge in [0.1, 0.15) is 0 Å². The first kappa shape index (κ1) is 22.4. The van der Waals surface area contributed by atoms with E-state index < -0.39 is 34.4 Å². The number of nitrogens with zero attached hydrogens (tertiary/aromatic N) is 2. The van der Waals surface area contributed by atoms with Crippen LogP contribution < -0.4 is 4.90 Å². The number of nitro groups is 1. The number of hydrogen-bond acceptors (Lipinski definition) is 6. The summed E-state index contributed by atoms with van der Waals surface area (Å²) in [6.07, 6.45) is 0. The van der Waals surface area contributed by atoms with Crippen molar-refractivity contribution in [2.75, 3.05) is 4.90 Å². The lowest BCUT2D eigenvalue weighted by molar-refractivity contribution is -0.384. The van der Waals surface area contributed by atoms with Gasteiger partial charge in [0.05, 0.1) is 32.9 Å². The number of carboxylic acids is 2.